The summed E-state index contributed by atoms with van der Waals surface area (Å²) in [7, 11) is 0. The summed E-state index contributed by atoms with van der Waals surface area (Å²) in [6.45, 7) is 2.48. The van der Waals surface area contributed by atoms with Gasteiger partial charge in [0.15, 0.2) is 0 Å². The summed E-state index contributed by atoms with van der Waals surface area (Å²) in [6.07, 6.45) is 0. The Morgan fingerprint density at radius 2 is 2.29 bits per heavy atom. The molecule has 0 atom stereocenters. The molecule has 0 aliphatic heterocycles. The SMILES string of the molecule is CCOC(=S)S.[CaH2]. The van der Waals surface area contributed by atoms with Crippen LogP contribution in [-0.4, -0.2) is 48.7 Å². The fourth-order valence-corrected chi connectivity index (χ4v) is 0.370. The fourth-order valence-electron chi connectivity index (χ4n) is 0.123. The predicted octanol–water partition coefficient (Wildman–Crippen LogP) is 0.321. The van der Waals surface area contributed by atoms with Gasteiger partial charge in [-0.1, -0.05) is 12.6 Å². The van der Waals surface area contributed by atoms with Gasteiger partial charge in [-0.3, -0.25) is 0 Å². The molecule has 0 aromatic carbocycles. The van der Waals surface area contributed by atoms with E-state index in [1.54, 1.807) is 0 Å². The second kappa shape index (κ2) is 7.50. The first-order valence-corrected chi connectivity index (χ1v) is 2.48. The number of ether oxygens (including phenoxy) is 1. The first-order chi connectivity index (χ1) is 2.77. The van der Waals surface area contributed by atoms with Crippen molar-refractivity contribution in [2.75, 3.05) is 6.61 Å². The van der Waals surface area contributed by atoms with Gasteiger partial charge in [0.2, 0.25) is 4.38 Å². The average molecular weight is 164 g/mol. The monoisotopic (exact) mass is 164 g/mol. The molecular weight excluding hydrogens is 156 g/mol. The number of rotatable bonds is 1. The third-order valence-corrected chi connectivity index (χ3v) is 0.515. The van der Waals surface area contributed by atoms with Gasteiger partial charge in [0.05, 0.1) is 6.61 Å². The Labute approximate surface area is 84.2 Å². The molecule has 0 amide bonds. The second-order valence-electron chi connectivity index (χ2n) is 0.699. The molecule has 0 bridgehead atoms. The van der Waals surface area contributed by atoms with Crippen LogP contribution in [0.1, 0.15) is 6.92 Å². The molecule has 0 N–H and O–H groups in total. The van der Waals surface area contributed by atoms with Crippen LogP contribution in [0.3, 0.4) is 0 Å². The van der Waals surface area contributed by atoms with Gasteiger partial charge in [-0.15, -0.1) is 0 Å². The van der Waals surface area contributed by atoms with Gasteiger partial charge in [0.25, 0.3) is 0 Å². The topological polar surface area (TPSA) is 9.23 Å². The molecule has 40 valence electrons. The summed E-state index contributed by atoms with van der Waals surface area (Å²) in [4.78, 5) is 0. The quantitative estimate of drug-likeness (QED) is 0.339. The van der Waals surface area contributed by atoms with Crippen molar-refractivity contribution in [3.63, 3.8) is 0 Å². The zero-order valence-corrected chi connectivity index (χ0v) is 5.18. The summed E-state index contributed by atoms with van der Waals surface area (Å²) in [5.41, 5.74) is 0. The van der Waals surface area contributed by atoms with Crippen molar-refractivity contribution in [1.29, 1.82) is 0 Å². The zero-order chi connectivity index (χ0) is 4.99. The fraction of sp³-hybridized carbons (Fsp3) is 0.667. The zero-order valence-electron chi connectivity index (χ0n) is 3.47. The van der Waals surface area contributed by atoms with Crippen LogP contribution in [0.25, 0.3) is 0 Å². The summed E-state index contributed by atoms with van der Waals surface area (Å²) in [5, 5.41) is 0. The molecule has 0 aliphatic carbocycles. The number of thiol groups is 1. The second-order valence-corrected chi connectivity index (χ2v) is 1.78. The number of hydrogen-bond acceptors (Lipinski definition) is 2. The Morgan fingerprint density at radius 3 is 2.29 bits per heavy atom. The van der Waals surface area contributed by atoms with Crippen LogP contribution in [0.4, 0.5) is 0 Å². The van der Waals surface area contributed by atoms with E-state index >= 15 is 0 Å². The van der Waals surface area contributed by atoms with Gasteiger partial charge in [-0.25, -0.2) is 0 Å². The van der Waals surface area contributed by atoms with Gasteiger partial charge in [-0.05, 0) is 19.1 Å². The molecule has 7 heavy (non-hydrogen) atoms. The first kappa shape index (κ1) is 11.3. The number of hydrogen-bond donors (Lipinski definition) is 1. The van der Waals surface area contributed by atoms with Crippen LogP contribution < -0.4 is 0 Å². The van der Waals surface area contributed by atoms with Gasteiger partial charge >= 0.3 is 37.7 Å². The molecule has 0 fully saturated rings. The van der Waals surface area contributed by atoms with Crippen LogP contribution in [-0.2, 0) is 4.74 Å². The van der Waals surface area contributed by atoms with E-state index in [1.165, 1.54) is 0 Å². The molecule has 0 unspecified atom stereocenters. The molecule has 0 rings (SSSR count). The normalized spacial score (nSPS) is 6.57. The third-order valence-electron chi connectivity index (χ3n) is 0.268. The van der Waals surface area contributed by atoms with Crippen molar-refractivity contribution in [1.82, 2.24) is 0 Å². The molecule has 0 saturated heterocycles. The summed E-state index contributed by atoms with van der Waals surface area (Å²) >= 11 is 8.12. The average Bonchev–Trinajstić information content (AvgIpc) is 1.35. The van der Waals surface area contributed by atoms with Gasteiger partial charge in [-0.2, -0.15) is 0 Å². The van der Waals surface area contributed by atoms with Crippen molar-refractivity contribution in [2.45, 2.75) is 6.92 Å². The van der Waals surface area contributed by atoms with E-state index in [9.17, 15) is 0 Å². The minimum absolute atomic E-state index is 0. The Bertz CT molecular complexity index is 56.9. The van der Waals surface area contributed by atoms with Gasteiger partial charge < -0.3 is 4.74 Å². The van der Waals surface area contributed by atoms with E-state index in [2.05, 4.69) is 29.6 Å². The minimum atomic E-state index is 0. The summed E-state index contributed by atoms with van der Waals surface area (Å²) < 4.78 is 4.95. The maximum absolute atomic E-state index is 4.64. The molecule has 0 saturated carbocycles. The first-order valence-electron chi connectivity index (χ1n) is 1.63. The molecular formula is C3H8CaOS2. The van der Waals surface area contributed by atoms with Crippen molar-refractivity contribution in [3.05, 3.63) is 0 Å². The van der Waals surface area contributed by atoms with E-state index in [4.69, 9.17) is 0 Å². The van der Waals surface area contributed by atoms with Crippen LogP contribution >= 0.6 is 24.8 Å². The summed E-state index contributed by atoms with van der Waals surface area (Å²) in [6, 6.07) is 0. The van der Waals surface area contributed by atoms with Gasteiger partial charge in [0, 0.05) is 0 Å². The Balaban J connectivity index is 0. The molecule has 1 nitrogen and oxygen atoms in total. The van der Waals surface area contributed by atoms with E-state index in [0.717, 1.165) is 0 Å². The third kappa shape index (κ3) is 11.2. The number of thiocarbonyl (C=S) groups is 1. The molecule has 0 spiro atoms. The van der Waals surface area contributed by atoms with E-state index in [0.29, 0.717) is 11.0 Å². The molecule has 0 aromatic heterocycles. The Kier molecular flexibility index (Phi) is 12.1. The van der Waals surface area contributed by atoms with E-state index in [-0.39, 0.29) is 37.7 Å². The van der Waals surface area contributed by atoms with E-state index in [1.807, 2.05) is 6.92 Å². The van der Waals surface area contributed by atoms with Gasteiger partial charge in [0.1, 0.15) is 0 Å². The standard InChI is InChI=1S/C3H6OS2.Ca.2H/c1-2-4-3(5)6;;;/h2H2,1H3,(H,5,6);;;. The van der Waals surface area contributed by atoms with Crippen LogP contribution in [0.2, 0.25) is 0 Å². The van der Waals surface area contributed by atoms with Crippen LogP contribution in [0.15, 0.2) is 0 Å². The molecule has 0 radical (unpaired) electrons. The maximum atomic E-state index is 4.64. The van der Waals surface area contributed by atoms with Crippen molar-refractivity contribution >= 4 is 67.0 Å². The van der Waals surface area contributed by atoms with Crippen molar-refractivity contribution < 1.29 is 4.74 Å². The van der Waals surface area contributed by atoms with Crippen molar-refractivity contribution in [2.24, 2.45) is 0 Å². The molecule has 0 heterocycles. The molecule has 0 aliphatic rings. The van der Waals surface area contributed by atoms with E-state index < -0.39 is 0 Å². The molecule has 4 heteroatoms. The molecule has 0 aromatic rings. The van der Waals surface area contributed by atoms with Crippen LogP contribution in [0.5, 0.6) is 0 Å². The Morgan fingerprint density at radius 1 is 1.86 bits per heavy atom. The Hall–Kier alpha value is 1.50. The van der Waals surface area contributed by atoms with Crippen molar-refractivity contribution in [3.8, 4) is 0 Å². The predicted molar refractivity (Wildman–Crippen MR) is 41.8 cm³/mol. The van der Waals surface area contributed by atoms with Crippen LogP contribution in [0, 0.1) is 0 Å². The summed E-state index contributed by atoms with van der Waals surface area (Å²) in [5.74, 6) is 0.